The summed E-state index contributed by atoms with van der Waals surface area (Å²) in [4.78, 5) is 0. The minimum atomic E-state index is -0.880. The summed E-state index contributed by atoms with van der Waals surface area (Å²) >= 11 is 0. The Bertz CT molecular complexity index is 243. The molecule has 88 valence electrons. The number of nitrogens with one attached hydrogen (secondary N) is 1. The summed E-state index contributed by atoms with van der Waals surface area (Å²) in [5.74, 6) is 0. The summed E-state index contributed by atoms with van der Waals surface area (Å²) in [6, 6.07) is 0. The molecule has 3 fully saturated rings. The lowest BCUT2D eigenvalue weighted by Crippen LogP contribution is -2.83. The number of aliphatic hydroxyl groups is 2. The molecule has 3 aliphatic heterocycles. The second-order valence-corrected chi connectivity index (χ2v) is 5.99. The first-order valence-electron chi connectivity index (χ1n) is 5.48. The fraction of sp³-hybridized carbons (Fsp3) is 1.00. The molecule has 0 aromatic carbocycles. The second kappa shape index (κ2) is 2.74. The third-order valence-corrected chi connectivity index (χ3v) is 4.01. The van der Waals surface area contributed by atoms with E-state index in [1.165, 1.54) is 0 Å². The fourth-order valence-corrected chi connectivity index (χ4v) is 2.61. The first kappa shape index (κ1) is 11.3. The summed E-state index contributed by atoms with van der Waals surface area (Å²) in [5, 5.41) is 23.4. The molecule has 3 heterocycles. The molecule has 4 heteroatoms. The Morgan fingerprint density at radius 2 is 1.33 bits per heavy atom. The van der Waals surface area contributed by atoms with Gasteiger partial charge in [0.1, 0.15) is 11.2 Å². The van der Waals surface area contributed by atoms with E-state index in [0.29, 0.717) is 19.5 Å². The summed E-state index contributed by atoms with van der Waals surface area (Å²) in [5.41, 5.74) is -2.83. The first-order chi connectivity index (χ1) is 6.62. The zero-order valence-corrected chi connectivity index (χ0v) is 9.92. The molecule has 0 radical (unpaired) electrons. The highest BCUT2D eigenvalue weighted by molar-refractivity contribution is 5.20. The lowest BCUT2D eigenvalue weighted by atomic mass is 9.63. The predicted octanol–water partition coefficient (Wildman–Crippen LogP) is 0.0293. The largest absolute Gasteiger partial charge is 0.387 e. The van der Waals surface area contributed by atoms with E-state index >= 15 is 0 Å². The molecule has 0 aromatic rings. The third-order valence-electron chi connectivity index (χ3n) is 4.01. The molecule has 3 N–H and O–H groups in total. The van der Waals surface area contributed by atoms with Crippen LogP contribution in [0.4, 0.5) is 0 Å². The highest BCUT2D eigenvalue weighted by Gasteiger charge is 2.69. The maximum Gasteiger partial charge on any atom is 0.112 e. The van der Waals surface area contributed by atoms with E-state index in [0.717, 1.165) is 0 Å². The second-order valence-electron chi connectivity index (χ2n) is 5.99. The van der Waals surface area contributed by atoms with Crippen LogP contribution in [0.2, 0.25) is 0 Å². The van der Waals surface area contributed by atoms with Gasteiger partial charge < -0.3 is 20.3 Å². The summed E-state index contributed by atoms with van der Waals surface area (Å²) in [6.45, 7) is 8.33. The highest BCUT2D eigenvalue weighted by Crippen LogP contribution is 2.54. The van der Waals surface area contributed by atoms with E-state index in [2.05, 4.69) is 5.32 Å². The van der Waals surface area contributed by atoms with Crippen LogP contribution in [0.3, 0.4) is 0 Å². The molecule has 15 heavy (non-hydrogen) atoms. The van der Waals surface area contributed by atoms with Crippen LogP contribution >= 0.6 is 0 Å². The third kappa shape index (κ3) is 1.35. The van der Waals surface area contributed by atoms with E-state index in [9.17, 15) is 10.2 Å². The van der Waals surface area contributed by atoms with Crippen LogP contribution in [-0.4, -0.2) is 45.7 Å². The lowest BCUT2D eigenvalue weighted by molar-refractivity contribution is -0.380. The van der Waals surface area contributed by atoms with Crippen LogP contribution in [0.15, 0.2) is 0 Å². The molecule has 0 aromatic heterocycles. The molecule has 0 amide bonds. The van der Waals surface area contributed by atoms with Crippen molar-refractivity contribution in [1.82, 2.24) is 5.32 Å². The van der Waals surface area contributed by atoms with Gasteiger partial charge in [-0.15, -0.1) is 0 Å². The van der Waals surface area contributed by atoms with Crippen molar-refractivity contribution in [1.29, 1.82) is 0 Å². The Labute approximate surface area is 90.6 Å². The molecule has 4 nitrogen and oxygen atoms in total. The smallest absolute Gasteiger partial charge is 0.112 e. The van der Waals surface area contributed by atoms with Gasteiger partial charge >= 0.3 is 0 Å². The van der Waals surface area contributed by atoms with Gasteiger partial charge in [-0.25, -0.2) is 0 Å². The molecule has 3 aliphatic rings. The Morgan fingerprint density at radius 3 is 1.60 bits per heavy atom. The average Bonchev–Trinajstić information content (AvgIpc) is 1.99. The number of rotatable bonds is 2. The molecule has 2 atom stereocenters. The minimum absolute atomic E-state index is 0.536. The Hall–Kier alpha value is -0.160. The highest BCUT2D eigenvalue weighted by atomic mass is 16.6. The molecular weight excluding hydrogens is 194 g/mol. The van der Waals surface area contributed by atoms with Gasteiger partial charge in [0.15, 0.2) is 0 Å². The predicted molar refractivity (Wildman–Crippen MR) is 56.6 cm³/mol. The van der Waals surface area contributed by atoms with Crippen LogP contribution in [0.1, 0.15) is 34.1 Å². The number of hydrogen-bond donors (Lipinski definition) is 3. The maximum atomic E-state index is 10.1. The van der Waals surface area contributed by atoms with E-state index in [-0.39, 0.29) is 0 Å². The molecule has 0 aliphatic carbocycles. The Balaban J connectivity index is 2.22. The number of ether oxygens (including phenoxy) is 1. The van der Waals surface area contributed by atoms with Crippen molar-refractivity contribution in [3.05, 3.63) is 0 Å². The summed E-state index contributed by atoms with van der Waals surface area (Å²) in [7, 11) is 0. The van der Waals surface area contributed by atoms with Crippen molar-refractivity contribution in [2.24, 2.45) is 0 Å². The Morgan fingerprint density at radius 1 is 1.00 bits per heavy atom. The van der Waals surface area contributed by atoms with Gasteiger partial charge in [-0.2, -0.15) is 0 Å². The van der Waals surface area contributed by atoms with Crippen LogP contribution in [0.25, 0.3) is 0 Å². The summed E-state index contributed by atoms with van der Waals surface area (Å²) < 4.78 is 5.92. The standard InChI is InChI=1S/C11H21NO3/c1-8(2,13)10-5-11(15-10,7-12-6-10)9(3,4)14/h12-14H,5-7H2,1-4H3/t10-,11-/m0/s1. The van der Waals surface area contributed by atoms with Crippen LogP contribution in [-0.2, 0) is 4.74 Å². The van der Waals surface area contributed by atoms with Gasteiger partial charge in [-0.1, -0.05) is 0 Å². The van der Waals surface area contributed by atoms with Crippen molar-refractivity contribution in [3.8, 4) is 0 Å². The summed E-state index contributed by atoms with van der Waals surface area (Å²) in [6.07, 6.45) is 0.708. The fourth-order valence-electron chi connectivity index (χ4n) is 2.61. The number of hydrogen-bond acceptors (Lipinski definition) is 4. The van der Waals surface area contributed by atoms with Gasteiger partial charge in [0.2, 0.25) is 0 Å². The van der Waals surface area contributed by atoms with Crippen molar-refractivity contribution in [3.63, 3.8) is 0 Å². The van der Waals surface area contributed by atoms with E-state index in [1.807, 2.05) is 0 Å². The quantitative estimate of drug-likeness (QED) is 0.608. The number of fused-ring (bicyclic) bond motifs is 2. The van der Waals surface area contributed by atoms with Gasteiger partial charge in [-0.3, -0.25) is 0 Å². The van der Waals surface area contributed by atoms with Gasteiger partial charge in [0, 0.05) is 19.5 Å². The average molecular weight is 215 g/mol. The SMILES string of the molecule is CC(C)(O)[C@@]12CNC[C@](C(C)(C)O)(C1)O2. The zero-order valence-electron chi connectivity index (χ0n) is 9.92. The number of morpholine rings is 1. The number of piperidine rings is 1. The molecular formula is C11H21NO3. The van der Waals surface area contributed by atoms with Gasteiger partial charge in [0.05, 0.1) is 11.2 Å². The lowest BCUT2D eigenvalue weighted by Gasteiger charge is -2.67. The molecule has 0 saturated carbocycles. The van der Waals surface area contributed by atoms with Crippen LogP contribution in [0, 0.1) is 0 Å². The van der Waals surface area contributed by atoms with Crippen molar-refractivity contribution < 1.29 is 14.9 Å². The van der Waals surface area contributed by atoms with E-state index in [4.69, 9.17) is 4.74 Å². The minimum Gasteiger partial charge on any atom is -0.387 e. The first-order valence-corrected chi connectivity index (χ1v) is 5.48. The van der Waals surface area contributed by atoms with Crippen molar-refractivity contribution in [2.45, 2.75) is 56.5 Å². The van der Waals surface area contributed by atoms with Gasteiger partial charge in [0.25, 0.3) is 0 Å². The van der Waals surface area contributed by atoms with Gasteiger partial charge in [-0.05, 0) is 27.7 Å². The monoisotopic (exact) mass is 215 g/mol. The Kier molecular flexibility index (Phi) is 2.07. The molecule has 2 bridgehead atoms. The molecule has 3 rings (SSSR count). The van der Waals surface area contributed by atoms with Crippen LogP contribution < -0.4 is 5.32 Å². The zero-order chi connectivity index (χ0) is 11.5. The van der Waals surface area contributed by atoms with E-state index in [1.54, 1.807) is 27.7 Å². The maximum absolute atomic E-state index is 10.1. The molecule has 3 saturated heterocycles. The van der Waals surface area contributed by atoms with Crippen molar-refractivity contribution >= 4 is 0 Å². The van der Waals surface area contributed by atoms with Crippen molar-refractivity contribution in [2.75, 3.05) is 13.1 Å². The normalized spacial score (nSPS) is 41.2. The molecule has 0 spiro atoms. The van der Waals surface area contributed by atoms with E-state index < -0.39 is 22.4 Å². The molecule has 0 unspecified atom stereocenters. The van der Waals surface area contributed by atoms with Crippen LogP contribution in [0.5, 0.6) is 0 Å². The topological polar surface area (TPSA) is 61.7 Å².